The summed E-state index contributed by atoms with van der Waals surface area (Å²) in [4.78, 5) is 6.56. The molecule has 0 unspecified atom stereocenters. The fourth-order valence-corrected chi connectivity index (χ4v) is 2.47. The predicted octanol–water partition coefficient (Wildman–Crippen LogP) is 3.53. The van der Waals surface area contributed by atoms with E-state index in [4.69, 9.17) is 22.1 Å². The van der Waals surface area contributed by atoms with Crippen LogP contribution in [0.3, 0.4) is 0 Å². The first-order valence-corrected chi connectivity index (χ1v) is 7.57. The van der Waals surface area contributed by atoms with E-state index in [0.717, 1.165) is 13.1 Å². The lowest BCUT2D eigenvalue weighted by atomic mass is 10.2. The molecule has 1 aromatic rings. The molecule has 0 aliphatic carbocycles. The lowest BCUT2D eigenvalue weighted by molar-refractivity contribution is 0.327. The summed E-state index contributed by atoms with van der Waals surface area (Å²) in [5.41, 5.74) is 6.02. The van der Waals surface area contributed by atoms with Crippen LogP contribution >= 0.6 is 35.6 Å². The zero-order valence-corrected chi connectivity index (χ0v) is 15.2. The summed E-state index contributed by atoms with van der Waals surface area (Å²) in [7, 11) is 0. The van der Waals surface area contributed by atoms with Gasteiger partial charge in [-0.15, -0.1) is 24.0 Å². The van der Waals surface area contributed by atoms with Crippen LogP contribution in [0.5, 0.6) is 5.75 Å². The second-order valence-electron chi connectivity index (χ2n) is 4.92. The minimum atomic E-state index is 0. The Balaban J connectivity index is 0.00000220. The number of nitrogens with two attached hydrogens (primary N) is 1. The van der Waals surface area contributed by atoms with E-state index in [9.17, 15) is 0 Å². The van der Waals surface area contributed by atoms with E-state index in [0.29, 0.717) is 29.9 Å². The average Bonchev–Trinajstić information content (AvgIpc) is 2.74. The number of likely N-dealkylation sites (tertiary alicyclic amines) is 1. The zero-order chi connectivity index (χ0) is 14.2. The van der Waals surface area contributed by atoms with Crippen molar-refractivity contribution in [1.82, 2.24) is 4.90 Å². The molecule has 1 aromatic carbocycles. The van der Waals surface area contributed by atoms with Crippen LogP contribution in [-0.4, -0.2) is 37.1 Å². The summed E-state index contributed by atoms with van der Waals surface area (Å²) in [6.45, 7) is 3.06. The van der Waals surface area contributed by atoms with E-state index >= 15 is 0 Å². The molecule has 1 heterocycles. The lowest BCUT2D eigenvalue weighted by Crippen LogP contribution is -2.38. The molecule has 0 saturated carbocycles. The van der Waals surface area contributed by atoms with Gasteiger partial charge in [0.25, 0.3) is 0 Å². The highest BCUT2D eigenvalue weighted by molar-refractivity contribution is 14.0. The Kier molecular flexibility index (Phi) is 8.84. The van der Waals surface area contributed by atoms with Crippen LogP contribution in [0.25, 0.3) is 0 Å². The summed E-state index contributed by atoms with van der Waals surface area (Å²) in [5.74, 6) is 1.33. The average molecular weight is 424 g/mol. The Bertz CT molecular complexity index is 448. The smallest absolute Gasteiger partial charge is 0.191 e. The molecule has 0 spiro atoms. The first-order valence-electron chi connectivity index (χ1n) is 7.19. The molecule has 2 rings (SSSR count). The minimum Gasteiger partial charge on any atom is -0.490 e. The molecule has 0 aromatic heterocycles. The Hall–Kier alpha value is -0.690. The first-order chi connectivity index (χ1) is 9.77. The molecule has 4 nitrogen and oxygen atoms in total. The number of benzene rings is 1. The van der Waals surface area contributed by atoms with E-state index in [1.54, 1.807) is 0 Å². The van der Waals surface area contributed by atoms with E-state index in [2.05, 4.69) is 9.89 Å². The van der Waals surface area contributed by atoms with Gasteiger partial charge in [-0.1, -0.05) is 36.6 Å². The highest BCUT2D eigenvalue weighted by atomic mass is 127. The highest BCUT2D eigenvalue weighted by Crippen LogP contribution is 2.22. The SMILES string of the molecule is I.NC(=NCCOc1ccccc1Cl)N1CCCCCC1. The van der Waals surface area contributed by atoms with Crippen LogP contribution in [-0.2, 0) is 0 Å². The van der Waals surface area contributed by atoms with Crippen molar-refractivity contribution >= 4 is 41.5 Å². The molecule has 2 N–H and O–H groups in total. The van der Waals surface area contributed by atoms with Gasteiger partial charge >= 0.3 is 0 Å². The Morgan fingerprint density at radius 3 is 2.52 bits per heavy atom. The van der Waals surface area contributed by atoms with Crippen LogP contribution < -0.4 is 10.5 Å². The Labute approximate surface area is 148 Å². The third-order valence-electron chi connectivity index (χ3n) is 3.39. The number of guanidine groups is 1. The molecule has 6 heteroatoms. The van der Waals surface area contributed by atoms with Crippen molar-refractivity contribution in [2.24, 2.45) is 10.7 Å². The van der Waals surface area contributed by atoms with Crippen LogP contribution in [0.1, 0.15) is 25.7 Å². The number of para-hydroxylation sites is 1. The molecule has 1 saturated heterocycles. The first kappa shape index (κ1) is 18.4. The summed E-state index contributed by atoms with van der Waals surface area (Å²) in [6, 6.07) is 7.44. The number of halogens is 2. The zero-order valence-electron chi connectivity index (χ0n) is 12.1. The summed E-state index contributed by atoms with van der Waals surface area (Å²) in [5, 5.41) is 0.622. The normalized spacial score (nSPS) is 16.0. The number of hydrogen-bond acceptors (Lipinski definition) is 2. The maximum Gasteiger partial charge on any atom is 0.191 e. The monoisotopic (exact) mass is 423 g/mol. The quantitative estimate of drug-likeness (QED) is 0.349. The van der Waals surface area contributed by atoms with E-state index in [-0.39, 0.29) is 24.0 Å². The van der Waals surface area contributed by atoms with Gasteiger partial charge in [-0.2, -0.15) is 0 Å². The molecular weight excluding hydrogens is 401 g/mol. The number of nitrogens with zero attached hydrogens (tertiary/aromatic N) is 2. The van der Waals surface area contributed by atoms with Crippen molar-refractivity contribution in [2.45, 2.75) is 25.7 Å². The van der Waals surface area contributed by atoms with Crippen LogP contribution in [0.15, 0.2) is 29.3 Å². The number of aliphatic imine (C=N–C) groups is 1. The van der Waals surface area contributed by atoms with Crippen LogP contribution in [0, 0.1) is 0 Å². The number of ether oxygens (including phenoxy) is 1. The van der Waals surface area contributed by atoms with Crippen molar-refractivity contribution in [1.29, 1.82) is 0 Å². The van der Waals surface area contributed by atoms with Crippen molar-refractivity contribution in [3.8, 4) is 5.75 Å². The van der Waals surface area contributed by atoms with Gasteiger partial charge in [0, 0.05) is 13.1 Å². The fourth-order valence-electron chi connectivity index (χ4n) is 2.28. The van der Waals surface area contributed by atoms with E-state index in [1.807, 2.05) is 24.3 Å². The molecule has 1 aliphatic rings. The standard InChI is InChI=1S/C15H22ClN3O.HI/c16-13-7-3-4-8-14(13)20-12-9-18-15(17)19-10-5-1-2-6-11-19;/h3-4,7-8H,1-2,5-6,9-12H2,(H2,17,18);1H. The molecule has 21 heavy (non-hydrogen) atoms. The molecule has 118 valence electrons. The number of rotatable bonds is 4. The van der Waals surface area contributed by atoms with Gasteiger partial charge in [0.05, 0.1) is 11.6 Å². The molecule has 0 radical (unpaired) electrons. The Morgan fingerprint density at radius 2 is 1.86 bits per heavy atom. The predicted molar refractivity (Wildman–Crippen MR) is 98.9 cm³/mol. The molecule has 0 atom stereocenters. The molecule has 1 fully saturated rings. The van der Waals surface area contributed by atoms with Crippen molar-refractivity contribution < 1.29 is 4.74 Å². The maximum atomic E-state index is 6.02. The van der Waals surface area contributed by atoms with Crippen LogP contribution in [0.2, 0.25) is 5.02 Å². The summed E-state index contributed by atoms with van der Waals surface area (Å²) >= 11 is 6.01. The van der Waals surface area contributed by atoms with Crippen molar-refractivity contribution in [3.05, 3.63) is 29.3 Å². The molecule has 0 amide bonds. The van der Waals surface area contributed by atoms with Gasteiger partial charge in [-0.3, -0.25) is 0 Å². The third-order valence-corrected chi connectivity index (χ3v) is 3.70. The largest absolute Gasteiger partial charge is 0.490 e. The molecule has 0 bridgehead atoms. The van der Waals surface area contributed by atoms with E-state index in [1.165, 1.54) is 25.7 Å². The minimum absolute atomic E-state index is 0. The second kappa shape index (κ2) is 10.1. The summed E-state index contributed by atoms with van der Waals surface area (Å²) < 4.78 is 5.59. The van der Waals surface area contributed by atoms with E-state index < -0.39 is 0 Å². The summed E-state index contributed by atoms with van der Waals surface area (Å²) in [6.07, 6.45) is 4.98. The molecular formula is C15H23ClIN3O. The Morgan fingerprint density at radius 1 is 1.19 bits per heavy atom. The van der Waals surface area contributed by atoms with Gasteiger partial charge in [0.2, 0.25) is 0 Å². The number of hydrogen-bond donors (Lipinski definition) is 1. The van der Waals surface area contributed by atoms with Gasteiger partial charge < -0.3 is 15.4 Å². The molecule has 1 aliphatic heterocycles. The van der Waals surface area contributed by atoms with Crippen LogP contribution in [0.4, 0.5) is 0 Å². The van der Waals surface area contributed by atoms with Crippen molar-refractivity contribution in [2.75, 3.05) is 26.2 Å². The van der Waals surface area contributed by atoms with Gasteiger partial charge in [0.1, 0.15) is 12.4 Å². The van der Waals surface area contributed by atoms with Crippen molar-refractivity contribution in [3.63, 3.8) is 0 Å². The third kappa shape index (κ3) is 6.30. The van der Waals surface area contributed by atoms with Gasteiger partial charge in [0.15, 0.2) is 5.96 Å². The van der Waals surface area contributed by atoms with Gasteiger partial charge in [-0.05, 0) is 25.0 Å². The highest BCUT2D eigenvalue weighted by Gasteiger charge is 2.10. The topological polar surface area (TPSA) is 50.9 Å². The second-order valence-corrected chi connectivity index (χ2v) is 5.33. The maximum absolute atomic E-state index is 6.02. The van der Waals surface area contributed by atoms with Gasteiger partial charge in [-0.25, -0.2) is 4.99 Å². The lowest BCUT2D eigenvalue weighted by Gasteiger charge is -2.21. The fraction of sp³-hybridized carbons (Fsp3) is 0.533.